The number of hydrogen-bond donors (Lipinski definition) is 3. The van der Waals surface area contributed by atoms with E-state index in [1.54, 1.807) is 13.8 Å². The van der Waals surface area contributed by atoms with E-state index >= 15 is 0 Å². The SMILES string of the molecule is CC(C)(O)C(C)(C)Nc1nc(Cl)ncc1N. The van der Waals surface area contributed by atoms with Gasteiger partial charge < -0.3 is 16.2 Å². The van der Waals surface area contributed by atoms with Gasteiger partial charge in [-0.05, 0) is 39.3 Å². The van der Waals surface area contributed by atoms with Gasteiger partial charge in [0, 0.05) is 0 Å². The van der Waals surface area contributed by atoms with E-state index in [0.29, 0.717) is 11.5 Å². The number of halogens is 1. The van der Waals surface area contributed by atoms with Crippen molar-refractivity contribution >= 4 is 23.1 Å². The first kappa shape index (κ1) is 13.0. The zero-order valence-corrected chi connectivity index (χ0v) is 10.6. The van der Waals surface area contributed by atoms with Crippen molar-refractivity contribution in [3.05, 3.63) is 11.5 Å². The van der Waals surface area contributed by atoms with Gasteiger partial charge in [-0.15, -0.1) is 0 Å². The maximum Gasteiger partial charge on any atom is 0.224 e. The van der Waals surface area contributed by atoms with Crippen molar-refractivity contribution in [3.63, 3.8) is 0 Å². The molecule has 1 heterocycles. The Hall–Kier alpha value is -1.07. The van der Waals surface area contributed by atoms with Gasteiger partial charge in [-0.25, -0.2) is 4.98 Å². The molecule has 0 atom stereocenters. The average molecular weight is 245 g/mol. The van der Waals surface area contributed by atoms with Crippen LogP contribution in [0.25, 0.3) is 0 Å². The summed E-state index contributed by atoms with van der Waals surface area (Å²) < 4.78 is 0. The molecule has 0 saturated carbocycles. The first-order valence-electron chi connectivity index (χ1n) is 4.92. The Morgan fingerprint density at radius 1 is 1.38 bits per heavy atom. The Morgan fingerprint density at radius 3 is 2.44 bits per heavy atom. The van der Waals surface area contributed by atoms with Crippen LogP contribution in [0.4, 0.5) is 11.5 Å². The molecule has 6 heteroatoms. The molecule has 0 aromatic carbocycles. The summed E-state index contributed by atoms with van der Waals surface area (Å²) in [7, 11) is 0. The zero-order valence-electron chi connectivity index (χ0n) is 9.87. The summed E-state index contributed by atoms with van der Waals surface area (Å²) in [6, 6.07) is 0. The van der Waals surface area contributed by atoms with E-state index in [-0.39, 0.29) is 5.28 Å². The lowest BCUT2D eigenvalue weighted by atomic mass is 9.86. The summed E-state index contributed by atoms with van der Waals surface area (Å²) in [4.78, 5) is 7.74. The number of anilines is 2. The average Bonchev–Trinajstić information content (AvgIpc) is 2.09. The summed E-state index contributed by atoms with van der Waals surface area (Å²) in [6.45, 7) is 7.11. The fraction of sp³-hybridized carbons (Fsp3) is 0.600. The van der Waals surface area contributed by atoms with E-state index in [2.05, 4.69) is 15.3 Å². The lowest BCUT2D eigenvalue weighted by Gasteiger charge is -2.38. The number of rotatable bonds is 3. The summed E-state index contributed by atoms with van der Waals surface area (Å²) in [5.74, 6) is 0.423. The van der Waals surface area contributed by atoms with Crippen molar-refractivity contribution < 1.29 is 5.11 Å². The number of nitrogens with two attached hydrogens (primary N) is 1. The molecule has 1 rings (SSSR count). The molecule has 90 valence electrons. The van der Waals surface area contributed by atoms with Crippen molar-refractivity contribution in [1.29, 1.82) is 0 Å². The van der Waals surface area contributed by atoms with Crippen LogP contribution in [0, 0.1) is 0 Å². The molecule has 0 aliphatic rings. The monoisotopic (exact) mass is 244 g/mol. The molecule has 1 aromatic heterocycles. The number of nitrogen functional groups attached to an aromatic ring is 1. The quantitative estimate of drug-likeness (QED) is 0.705. The molecule has 5 nitrogen and oxygen atoms in total. The van der Waals surface area contributed by atoms with Crippen molar-refractivity contribution in [2.75, 3.05) is 11.1 Å². The fourth-order valence-electron chi connectivity index (χ4n) is 0.919. The fourth-order valence-corrected chi connectivity index (χ4v) is 1.05. The first-order chi connectivity index (χ1) is 7.13. The van der Waals surface area contributed by atoms with Crippen LogP contribution in [0.2, 0.25) is 5.28 Å². The molecule has 0 aliphatic carbocycles. The highest BCUT2D eigenvalue weighted by atomic mass is 35.5. The van der Waals surface area contributed by atoms with Gasteiger partial charge in [0.2, 0.25) is 5.28 Å². The highest BCUT2D eigenvalue weighted by molar-refractivity contribution is 6.28. The van der Waals surface area contributed by atoms with Crippen LogP contribution in [0.5, 0.6) is 0 Å². The van der Waals surface area contributed by atoms with Gasteiger partial charge in [0.05, 0.1) is 23.0 Å². The molecule has 0 aliphatic heterocycles. The minimum atomic E-state index is -0.934. The van der Waals surface area contributed by atoms with Gasteiger partial charge in [-0.2, -0.15) is 4.98 Å². The van der Waals surface area contributed by atoms with Gasteiger partial charge in [0.1, 0.15) is 0 Å². The molecule has 1 aromatic rings. The van der Waals surface area contributed by atoms with Crippen molar-refractivity contribution in [1.82, 2.24) is 9.97 Å². The Balaban J connectivity index is 3.01. The Morgan fingerprint density at radius 2 is 1.94 bits per heavy atom. The van der Waals surface area contributed by atoms with E-state index in [1.165, 1.54) is 6.20 Å². The summed E-state index contributed by atoms with van der Waals surface area (Å²) in [6.07, 6.45) is 1.43. The Bertz CT molecular complexity index is 387. The molecule has 0 saturated heterocycles. The molecule has 0 fully saturated rings. The normalized spacial score (nSPS) is 12.6. The van der Waals surface area contributed by atoms with E-state index in [1.807, 2.05) is 13.8 Å². The third kappa shape index (κ3) is 2.74. The van der Waals surface area contributed by atoms with Gasteiger partial charge in [-0.3, -0.25) is 0 Å². The first-order valence-corrected chi connectivity index (χ1v) is 5.30. The second-order valence-electron chi connectivity index (χ2n) is 4.75. The summed E-state index contributed by atoms with van der Waals surface area (Å²) >= 11 is 5.68. The highest BCUT2D eigenvalue weighted by Crippen LogP contribution is 2.27. The lowest BCUT2D eigenvalue weighted by Crippen LogP contribution is -2.51. The smallest absolute Gasteiger partial charge is 0.224 e. The second kappa shape index (κ2) is 4.07. The maximum atomic E-state index is 9.99. The number of nitrogens with one attached hydrogen (secondary N) is 1. The predicted molar refractivity (Wildman–Crippen MR) is 65.5 cm³/mol. The third-order valence-corrected chi connectivity index (χ3v) is 2.93. The standard InChI is InChI=1S/C10H17ClN4O/c1-9(2,10(3,4)16)15-7-6(12)5-13-8(11)14-7/h5,16H,12H2,1-4H3,(H,13,14,15). The molecule has 0 amide bonds. The summed E-state index contributed by atoms with van der Waals surface area (Å²) in [5.41, 5.74) is 4.57. The van der Waals surface area contributed by atoms with Crippen LogP contribution in [0.15, 0.2) is 6.20 Å². The topological polar surface area (TPSA) is 84.1 Å². The molecule has 0 radical (unpaired) electrons. The lowest BCUT2D eigenvalue weighted by molar-refractivity contribution is 0.0239. The molecule has 0 unspecified atom stereocenters. The van der Waals surface area contributed by atoms with E-state index in [4.69, 9.17) is 17.3 Å². The number of aromatic nitrogens is 2. The third-order valence-electron chi connectivity index (χ3n) is 2.75. The van der Waals surface area contributed by atoms with Crippen LogP contribution in [-0.2, 0) is 0 Å². The summed E-state index contributed by atoms with van der Waals surface area (Å²) in [5, 5.41) is 13.2. The highest BCUT2D eigenvalue weighted by Gasteiger charge is 2.35. The van der Waals surface area contributed by atoms with Gasteiger partial charge in [0.25, 0.3) is 0 Å². The molecule has 0 bridgehead atoms. The van der Waals surface area contributed by atoms with E-state index < -0.39 is 11.1 Å². The second-order valence-corrected chi connectivity index (χ2v) is 5.09. The van der Waals surface area contributed by atoms with Crippen molar-refractivity contribution in [2.24, 2.45) is 0 Å². The molecular weight excluding hydrogens is 228 g/mol. The minimum Gasteiger partial charge on any atom is -0.394 e. The number of hydrogen-bond acceptors (Lipinski definition) is 5. The Kier molecular flexibility index (Phi) is 3.30. The van der Waals surface area contributed by atoms with Crippen LogP contribution < -0.4 is 11.1 Å². The van der Waals surface area contributed by atoms with Crippen molar-refractivity contribution in [3.8, 4) is 0 Å². The van der Waals surface area contributed by atoms with Crippen LogP contribution >= 0.6 is 11.6 Å². The molecule has 0 spiro atoms. The van der Waals surface area contributed by atoms with Crippen LogP contribution in [-0.4, -0.2) is 26.2 Å². The predicted octanol–water partition coefficient (Wildman–Crippen LogP) is 1.67. The van der Waals surface area contributed by atoms with Gasteiger partial charge in [-0.1, -0.05) is 0 Å². The molecule has 4 N–H and O–H groups in total. The number of aliphatic hydroxyl groups is 1. The molecular formula is C10H17ClN4O. The van der Waals surface area contributed by atoms with Gasteiger partial charge >= 0.3 is 0 Å². The van der Waals surface area contributed by atoms with E-state index in [0.717, 1.165) is 0 Å². The zero-order chi connectivity index (χ0) is 12.6. The van der Waals surface area contributed by atoms with Crippen molar-refractivity contribution in [2.45, 2.75) is 38.8 Å². The Labute approximate surface area is 100 Å². The van der Waals surface area contributed by atoms with Crippen LogP contribution in [0.1, 0.15) is 27.7 Å². The van der Waals surface area contributed by atoms with E-state index in [9.17, 15) is 5.11 Å². The van der Waals surface area contributed by atoms with Crippen LogP contribution in [0.3, 0.4) is 0 Å². The molecule has 16 heavy (non-hydrogen) atoms. The number of nitrogens with zero attached hydrogens (tertiary/aromatic N) is 2. The van der Waals surface area contributed by atoms with Gasteiger partial charge in [0.15, 0.2) is 5.82 Å². The minimum absolute atomic E-state index is 0.114. The largest absolute Gasteiger partial charge is 0.394 e. The maximum absolute atomic E-state index is 9.99.